The molecule has 0 saturated heterocycles. The molecule has 1 aromatic heterocycles. The van der Waals surface area contributed by atoms with Gasteiger partial charge in [-0.15, -0.1) is 11.3 Å². The van der Waals surface area contributed by atoms with Crippen molar-refractivity contribution < 1.29 is 4.79 Å². The van der Waals surface area contributed by atoms with Gasteiger partial charge in [0.05, 0.1) is 11.6 Å². The van der Waals surface area contributed by atoms with Gasteiger partial charge in [-0.2, -0.15) is 5.26 Å². The van der Waals surface area contributed by atoms with Gasteiger partial charge in [0.2, 0.25) is 0 Å². The Morgan fingerprint density at radius 2 is 1.94 bits per heavy atom. The first-order chi connectivity index (χ1) is 14.9. The number of hydrogen-bond donors (Lipinski definition) is 1. The second kappa shape index (κ2) is 10.3. The molecule has 1 N–H and O–H groups in total. The molecule has 0 unspecified atom stereocenters. The largest absolute Gasteiger partial charge is 0.378 e. The van der Waals surface area contributed by atoms with Crippen LogP contribution in [0.4, 0.5) is 16.5 Å². The first-order valence-corrected chi connectivity index (χ1v) is 11.8. The molecular formula is C23H25N5OS2. The number of carbonyl (C=O) groups excluding carboxylic acids is 1. The SMILES string of the molecule is CSNC(=O)c1nc(N(CCc2cccc(N(C)C)c2)c2ccc(C#N)cc2)sc1C. The van der Waals surface area contributed by atoms with Gasteiger partial charge >= 0.3 is 0 Å². The Morgan fingerprint density at radius 3 is 2.58 bits per heavy atom. The number of anilines is 3. The number of nitrogens with zero attached hydrogens (tertiary/aromatic N) is 4. The molecule has 0 radical (unpaired) electrons. The van der Waals surface area contributed by atoms with Crippen molar-refractivity contribution in [1.82, 2.24) is 9.71 Å². The maximum absolute atomic E-state index is 12.4. The van der Waals surface area contributed by atoms with Gasteiger partial charge in [-0.3, -0.25) is 9.52 Å². The smallest absolute Gasteiger partial charge is 0.280 e. The highest BCUT2D eigenvalue weighted by molar-refractivity contribution is 7.97. The van der Waals surface area contributed by atoms with Gasteiger partial charge in [-0.25, -0.2) is 4.98 Å². The molecular weight excluding hydrogens is 426 g/mol. The monoisotopic (exact) mass is 451 g/mol. The number of nitrogens with one attached hydrogen (secondary N) is 1. The maximum Gasteiger partial charge on any atom is 0.280 e. The van der Waals surface area contributed by atoms with Gasteiger partial charge in [0.1, 0.15) is 5.69 Å². The van der Waals surface area contributed by atoms with Crippen LogP contribution in [-0.4, -0.2) is 37.8 Å². The lowest BCUT2D eigenvalue weighted by Gasteiger charge is -2.22. The highest BCUT2D eigenvalue weighted by Gasteiger charge is 2.20. The highest BCUT2D eigenvalue weighted by Crippen LogP contribution is 2.32. The molecule has 3 aromatic rings. The molecule has 3 rings (SSSR count). The van der Waals surface area contributed by atoms with E-state index in [-0.39, 0.29) is 5.91 Å². The van der Waals surface area contributed by atoms with Crippen LogP contribution >= 0.6 is 23.3 Å². The van der Waals surface area contributed by atoms with Crippen molar-refractivity contribution in [2.24, 2.45) is 0 Å². The maximum atomic E-state index is 12.4. The fraction of sp³-hybridized carbons (Fsp3) is 0.261. The number of rotatable bonds is 8. The number of carbonyl (C=O) groups is 1. The molecule has 0 fully saturated rings. The van der Waals surface area contributed by atoms with Crippen LogP contribution in [0.3, 0.4) is 0 Å². The van der Waals surface area contributed by atoms with Crippen LogP contribution in [0, 0.1) is 18.3 Å². The third kappa shape index (κ3) is 5.57. The molecule has 0 spiro atoms. The summed E-state index contributed by atoms with van der Waals surface area (Å²) in [6.45, 7) is 2.60. The van der Waals surface area contributed by atoms with E-state index >= 15 is 0 Å². The Balaban J connectivity index is 1.92. The minimum atomic E-state index is -0.189. The van der Waals surface area contributed by atoms with Gasteiger partial charge in [-0.1, -0.05) is 24.1 Å². The third-order valence-corrected chi connectivity index (χ3v) is 6.17. The van der Waals surface area contributed by atoms with E-state index in [0.29, 0.717) is 17.8 Å². The highest BCUT2D eigenvalue weighted by atomic mass is 32.2. The number of benzene rings is 2. The summed E-state index contributed by atoms with van der Waals surface area (Å²) < 4.78 is 2.75. The summed E-state index contributed by atoms with van der Waals surface area (Å²) in [5.41, 5.74) is 4.37. The van der Waals surface area contributed by atoms with E-state index in [2.05, 4.69) is 49.8 Å². The molecule has 0 aliphatic rings. The van der Waals surface area contributed by atoms with Crippen molar-refractivity contribution in [2.45, 2.75) is 13.3 Å². The van der Waals surface area contributed by atoms with Gasteiger partial charge in [0.15, 0.2) is 5.13 Å². The van der Waals surface area contributed by atoms with Crippen molar-refractivity contribution in [3.05, 3.63) is 70.2 Å². The summed E-state index contributed by atoms with van der Waals surface area (Å²) in [6.07, 6.45) is 2.62. The standard InChI is InChI=1S/C23H25N5OS2/c1-16-21(22(29)26-30-4)25-23(31-16)28(19-10-8-18(15-24)9-11-19)13-12-17-6-5-7-20(14-17)27(2)3/h5-11,14H,12-13H2,1-4H3,(H,26,29). The van der Waals surface area contributed by atoms with Crippen molar-refractivity contribution in [1.29, 1.82) is 5.26 Å². The van der Waals surface area contributed by atoms with E-state index in [0.717, 1.165) is 27.8 Å². The lowest BCUT2D eigenvalue weighted by molar-refractivity contribution is 0.0980. The van der Waals surface area contributed by atoms with E-state index in [1.807, 2.05) is 39.4 Å². The zero-order chi connectivity index (χ0) is 22.4. The van der Waals surface area contributed by atoms with E-state index < -0.39 is 0 Å². The van der Waals surface area contributed by atoms with Crippen LogP contribution in [0.25, 0.3) is 0 Å². The molecule has 0 bridgehead atoms. The number of hydrogen-bond acceptors (Lipinski definition) is 7. The number of thiazole rings is 1. The van der Waals surface area contributed by atoms with Crippen molar-refractivity contribution >= 4 is 45.7 Å². The van der Waals surface area contributed by atoms with E-state index in [9.17, 15) is 4.79 Å². The lowest BCUT2D eigenvalue weighted by Crippen LogP contribution is -2.21. The van der Waals surface area contributed by atoms with Crippen LogP contribution in [0.1, 0.15) is 26.5 Å². The molecule has 8 heteroatoms. The first-order valence-electron chi connectivity index (χ1n) is 9.77. The van der Waals surface area contributed by atoms with Crippen LogP contribution in [0.2, 0.25) is 0 Å². The fourth-order valence-electron chi connectivity index (χ4n) is 3.13. The van der Waals surface area contributed by atoms with Gasteiger partial charge in [0.25, 0.3) is 5.91 Å². The topological polar surface area (TPSA) is 72.3 Å². The second-order valence-electron chi connectivity index (χ2n) is 7.16. The molecule has 1 heterocycles. The first kappa shape index (κ1) is 22.7. The van der Waals surface area contributed by atoms with Crippen LogP contribution < -0.4 is 14.5 Å². The molecule has 0 saturated carbocycles. The molecule has 0 aliphatic carbocycles. The summed E-state index contributed by atoms with van der Waals surface area (Å²) in [4.78, 5) is 22.1. The number of nitriles is 1. The van der Waals surface area contributed by atoms with Gasteiger partial charge < -0.3 is 9.80 Å². The van der Waals surface area contributed by atoms with Crippen LogP contribution in [-0.2, 0) is 6.42 Å². The predicted octanol–water partition coefficient (Wildman–Crippen LogP) is 4.78. The van der Waals surface area contributed by atoms with Crippen LogP contribution in [0.15, 0.2) is 48.5 Å². The summed E-state index contributed by atoms with van der Waals surface area (Å²) in [7, 11) is 4.06. The molecule has 2 aromatic carbocycles. The van der Waals surface area contributed by atoms with Crippen molar-refractivity contribution in [3.8, 4) is 6.07 Å². The van der Waals surface area contributed by atoms with Crippen LogP contribution in [0.5, 0.6) is 0 Å². The Kier molecular flexibility index (Phi) is 7.55. The van der Waals surface area contributed by atoms with E-state index in [4.69, 9.17) is 5.26 Å². The average Bonchev–Trinajstić information content (AvgIpc) is 3.16. The molecule has 0 aliphatic heterocycles. The predicted molar refractivity (Wildman–Crippen MR) is 130 cm³/mol. The zero-order valence-electron chi connectivity index (χ0n) is 18.0. The average molecular weight is 452 g/mol. The van der Waals surface area contributed by atoms with E-state index in [1.54, 1.807) is 12.1 Å². The molecule has 31 heavy (non-hydrogen) atoms. The third-order valence-electron chi connectivity index (χ3n) is 4.79. The lowest BCUT2D eigenvalue weighted by atomic mass is 10.1. The minimum Gasteiger partial charge on any atom is -0.378 e. The molecule has 1 amide bonds. The minimum absolute atomic E-state index is 0.189. The Labute approximate surface area is 191 Å². The number of amides is 1. The number of aromatic nitrogens is 1. The Hall–Kier alpha value is -3.02. The molecule has 6 nitrogen and oxygen atoms in total. The number of aryl methyl sites for hydroxylation is 1. The van der Waals surface area contributed by atoms with Gasteiger partial charge in [-0.05, 0) is 55.3 Å². The summed E-state index contributed by atoms with van der Waals surface area (Å²) in [6, 6.07) is 18.1. The summed E-state index contributed by atoms with van der Waals surface area (Å²) in [5, 5.41) is 9.90. The summed E-state index contributed by atoms with van der Waals surface area (Å²) >= 11 is 2.76. The second-order valence-corrected chi connectivity index (χ2v) is 8.96. The van der Waals surface area contributed by atoms with Gasteiger partial charge in [0, 0.05) is 43.1 Å². The quantitative estimate of drug-likeness (QED) is 0.497. The van der Waals surface area contributed by atoms with Crippen molar-refractivity contribution in [2.75, 3.05) is 36.7 Å². The molecule has 0 atom stereocenters. The Bertz CT molecular complexity index is 1090. The fourth-order valence-corrected chi connectivity index (χ4v) is 4.37. The molecule has 160 valence electrons. The Morgan fingerprint density at radius 1 is 1.19 bits per heavy atom. The normalized spacial score (nSPS) is 10.4. The zero-order valence-corrected chi connectivity index (χ0v) is 19.7. The summed E-state index contributed by atoms with van der Waals surface area (Å²) in [5.74, 6) is -0.189. The van der Waals surface area contributed by atoms with Crippen molar-refractivity contribution in [3.63, 3.8) is 0 Å². The van der Waals surface area contributed by atoms with E-state index in [1.165, 1.54) is 28.8 Å².